The van der Waals surface area contributed by atoms with Gasteiger partial charge >= 0.3 is 5.97 Å². The van der Waals surface area contributed by atoms with Crippen LogP contribution in [0, 0.1) is 0 Å². The Morgan fingerprint density at radius 1 is 1.19 bits per heavy atom. The second kappa shape index (κ2) is 8.07. The zero-order valence-corrected chi connectivity index (χ0v) is 15.4. The monoisotopic (exact) mass is 377 g/mol. The zero-order valence-electron chi connectivity index (χ0n) is 14.5. The first kappa shape index (κ1) is 19.5. The second-order valence-electron chi connectivity index (χ2n) is 5.59. The fourth-order valence-corrected chi connectivity index (χ4v) is 2.90. The standard InChI is InChI=1S/C17H19N3O5S/c1-12(25-17(22)13-6-5-9-18-11-13)16(21)19-14-7-4-8-15(10-14)26(23,24)20(2)3/h4-12H,1-3H3,(H,19,21)/t12-/m0/s1. The number of anilines is 1. The van der Waals surface area contributed by atoms with Crippen molar-refractivity contribution in [2.75, 3.05) is 19.4 Å². The van der Waals surface area contributed by atoms with Crippen LogP contribution in [0.25, 0.3) is 0 Å². The molecule has 0 saturated carbocycles. The normalized spacial score (nSPS) is 12.5. The zero-order chi connectivity index (χ0) is 19.3. The largest absolute Gasteiger partial charge is 0.449 e. The molecule has 1 heterocycles. The highest BCUT2D eigenvalue weighted by Gasteiger charge is 2.21. The van der Waals surface area contributed by atoms with Crippen LogP contribution in [0.4, 0.5) is 5.69 Å². The molecule has 138 valence electrons. The first-order valence-electron chi connectivity index (χ1n) is 7.66. The number of sulfonamides is 1. The molecule has 2 aromatic rings. The molecule has 9 heteroatoms. The summed E-state index contributed by atoms with van der Waals surface area (Å²) >= 11 is 0. The summed E-state index contributed by atoms with van der Waals surface area (Å²) in [5.74, 6) is -1.26. The van der Waals surface area contributed by atoms with Gasteiger partial charge < -0.3 is 10.1 Å². The van der Waals surface area contributed by atoms with E-state index < -0.39 is 28.0 Å². The van der Waals surface area contributed by atoms with Crippen LogP contribution in [-0.2, 0) is 19.6 Å². The van der Waals surface area contributed by atoms with Gasteiger partial charge in [0.05, 0.1) is 10.5 Å². The number of hydrogen-bond donors (Lipinski definition) is 1. The molecule has 0 saturated heterocycles. The van der Waals surface area contributed by atoms with Gasteiger partial charge in [-0.1, -0.05) is 6.07 Å². The molecule has 0 bridgehead atoms. The fourth-order valence-electron chi connectivity index (χ4n) is 1.95. The minimum absolute atomic E-state index is 0.0420. The third kappa shape index (κ3) is 4.64. The van der Waals surface area contributed by atoms with Gasteiger partial charge in [-0.2, -0.15) is 0 Å². The Morgan fingerprint density at radius 2 is 1.92 bits per heavy atom. The molecule has 1 aromatic heterocycles. The highest BCUT2D eigenvalue weighted by Crippen LogP contribution is 2.18. The lowest BCUT2D eigenvalue weighted by Gasteiger charge is -2.15. The molecule has 0 radical (unpaired) electrons. The van der Waals surface area contributed by atoms with Gasteiger partial charge in [0, 0.05) is 32.2 Å². The van der Waals surface area contributed by atoms with E-state index in [-0.39, 0.29) is 16.1 Å². The number of rotatable bonds is 6. The number of aromatic nitrogens is 1. The average molecular weight is 377 g/mol. The predicted octanol–water partition coefficient (Wildman–Crippen LogP) is 1.52. The maximum atomic E-state index is 12.2. The minimum atomic E-state index is -3.62. The van der Waals surface area contributed by atoms with Gasteiger partial charge in [0.2, 0.25) is 10.0 Å². The Labute approximate surface area is 151 Å². The molecular formula is C17H19N3O5S. The molecule has 0 aliphatic carbocycles. The number of nitrogens with one attached hydrogen (secondary N) is 1. The molecule has 0 aliphatic rings. The summed E-state index contributed by atoms with van der Waals surface area (Å²) in [4.78, 5) is 28.0. The van der Waals surface area contributed by atoms with Crippen molar-refractivity contribution in [3.63, 3.8) is 0 Å². The van der Waals surface area contributed by atoms with E-state index in [2.05, 4.69) is 10.3 Å². The Hall–Kier alpha value is -2.78. The molecule has 1 N–H and O–H groups in total. The Kier molecular flexibility index (Phi) is 6.06. The number of hydrogen-bond acceptors (Lipinski definition) is 6. The molecular weight excluding hydrogens is 358 g/mol. The summed E-state index contributed by atoms with van der Waals surface area (Å²) < 4.78 is 30.5. The third-order valence-electron chi connectivity index (χ3n) is 3.43. The van der Waals surface area contributed by atoms with E-state index in [1.807, 2.05) is 0 Å². The molecule has 1 aromatic carbocycles. The SMILES string of the molecule is C[C@H](OC(=O)c1cccnc1)C(=O)Nc1cccc(S(=O)(=O)N(C)C)c1. The highest BCUT2D eigenvalue weighted by atomic mass is 32.2. The Bertz CT molecular complexity index is 898. The average Bonchev–Trinajstić information content (AvgIpc) is 2.62. The number of ether oxygens (including phenoxy) is 1. The molecule has 0 fully saturated rings. The Balaban J connectivity index is 2.06. The van der Waals surface area contributed by atoms with Crippen LogP contribution >= 0.6 is 0 Å². The summed E-state index contributed by atoms with van der Waals surface area (Å²) in [5, 5.41) is 2.54. The highest BCUT2D eigenvalue weighted by molar-refractivity contribution is 7.89. The van der Waals surface area contributed by atoms with Gasteiger partial charge in [-0.3, -0.25) is 9.78 Å². The van der Waals surface area contributed by atoms with Crippen molar-refractivity contribution in [1.29, 1.82) is 0 Å². The van der Waals surface area contributed by atoms with Crippen LogP contribution in [0.5, 0.6) is 0 Å². The van der Waals surface area contributed by atoms with Gasteiger partial charge in [0.1, 0.15) is 0 Å². The van der Waals surface area contributed by atoms with E-state index >= 15 is 0 Å². The van der Waals surface area contributed by atoms with Crippen LogP contribution in [0.15, 0.2) is 53.7 Å². The lowest BCUT2D eigenvalue weighted by Crippen LogP contribution is -2.30. The molecule has 2 rings (SSSR count). The lowest BCUT2D eigenvalue weighted by atomic mass is 10.2. The Morgan fingerprint density at radius 3 is 2.54 bits per heavy atom. The smallest absolute Gasteiger partial charge is 0.340 e. The summed E-state index contributed by atoms with van der Waals surface area (Å²) in [6.07, 6.45) is 1.78. The molecule has 0 spiro atoms. The molecule has 8 nitrogen and oxygen atoms in total. The maximum absolute atomic E-state index is 12.2. The molecule has 26 heavy (non-hydrogen) atoms. The lowest BCUT2D eigenvalue weighted by molar-refractivity contribution is -0.123. The van der Waals surface area contributed by atoms with E-state index in [1.54, 1.807) is 12.1 Å². The number of carbonyl (C=O) groups excluding carboxylic acids is 2. The molecule has 1 atom stereocenters. The fraction of sp³-hybridized carbons (Fsp3) is 0.235. The van der Waals surface area contributed by atoms with Gasteiger partial charge in [-0.15, -0.1) is 0 Å². The number of pyridine rings is 1. The van der Waals surface area contributed by atoms with Crippen molar-refractivity contribution in [3.8, 4) is 0 Å². The third-order valence-corrected chi connectivity index (χ3v) is 5.24. The second-order valence-corrected chi connectivity index (χ2v) is 7.75. The minimum Gasteiger partial charge on any atom is -0.449 e. The van der Waals surface area contributed by atoms with Crippen molar-refractivity contribution in [1.82, 2.24) is 9.29 Å². The number of carbonyl (C=O) groups is 2. The van der Waals surface area contributed by atoms with Crippen molar-refractivity contribution in [2.45, 2.75) is 17.9 Å². The summed E-state index contributed by atoms with van der Waals surface area (Å²) in [6.45, 7) is 1.42. The van der Waals surface area contributed by atoms with Gasteiger partial charge in [0.15, 0.2) is 6.10 Å². The van der Waals surface area contributed by atoms with Crippen molar-refractivity contribution in [3.05, 3.63) is 54.4 Å². The van der Waals surface area contributed by atoms with Crippen molar-refractivity contribution in [2.24, 2.45) is 0 Å². The topological polar surface area (TPSA) is 106 Å². The first-order chi connectivity index (χ1) is 12.2. The van der Waals surface area contributed by atoms with E-state index in [0.29, 0.717) is 0 Å². The van der Waals surface area contributed by atoms with Crippen LogP contribution in [-0.4, -0.2) is 49.8 Å². The quantitative estimate of drug-likeness (QED) is 0.765. The maximum Gasteiger partial charge on any atom is 0.340 e. The van der Waals surface area contributed by atoms with Crippen molar-refractivity contribution >= 4 is 27.6 Å². The van der Waals surface area contributed by atoms with Crippen LogP contribution in [0.2, 0.25) is 0 Å². The van der Waals surface area contributed by atoms with Gasteiger partial charge in [-0.25, -0.2) is 17.5 Å². The molecule has 1 amide bonds. The summed E-state index contributed by atoms with van der Waals surface area (Å²) in [7, 11) is -0.786. The van der Waals surface area contributed by atoms with Crippen LogP contribution in [0.3, 0.4) is 0 Å². The van der Waals surface area contributed by atoms with Gasteiger partial charge in [-0.05, 0) is 37.3 Å². The number of benzene rings is 1. The van der Waals surface area contributed by atoms with E-state index in [1.165, 1.54) is 57.7 Å². The summed E-state index contributed by atoms with van der Waals surface area (Å²) in [6, 6.07) is 8.92. The van der Waals surface area contributed by atoms with Crippen molar-refractivity contribution < 1.29 is 22.7 Å². The number of amides is 1. The predicted molar refractivity (Wildman–Crippen MR) is 95.1 cm³/mol. The van der Waals surface area contributed by atoms with E-state index in [4.69, 9.17) is 4.74 Å². The number of nitrogens with zero attached hydrogens (tertiary/aromatic N) is 2. The number of esters is 1. The van der Waals surface area contributed by atoms with Crippen LogP contribution < -0.4 is 5.32 Å². The van der Waals surface area contributed by atoms with Gasteiger partial charge in [0.25, 0.3) is 5.91 Å². The first-order valence-corrected chi connectivity index (χ1v) is 9.10. The van der Waals surface area contributed by atoms with E-state index in [0.717, 1.165) is 4.31 Å². The van der Waals surface area contributed by atoms with Crippen LogP contribution in [0.1, 0.15) is 17.3 Å². The van der Waals surface area contributed by atoms with E-state index in [9.17, 15) is 18.0 Å². The summed E-state index contributed by atoms with van der Waals surface area (Å²) in [5.41, 5.74) is 0.508. The molecule has 0 aliphatic heterocycles. The molecule has 0 unspecified atom stereocenters.